The van der Waals surface area contributed by atoms with Crippen molar-refractivity contribution in [2.45, 2.75) is 32.1 Å². The molecule has 0 spiro atoms. The van der Waals surface area contributed by atoms with Gasteiger partial charge in [-0.2, -0.15) is 0 Å². The molecule has 2 rings (SSSR count). The molecule has 1 aliphatic heterocycles. The van der Waals surface area contributed by atoms with Crippen LogP contribution < -0.4 is 0 Å². The molecule has 2 aliphatic rings. The normalized spacial score (nSPS) is 24.9. The van der Waals surface area contributed by atoms with E-state index in [-0.39, 0.29) is 25.0 Å². The molecule has 0 aromatic carbocycles. The van der Waals surface area contributed by atoms with Crippen LogP contribution in [-0.2, 0) is 18.6 Å². The van der Waals surface area contributed by atoms with Gasteiger partial charge in [0.1, 0.15) is 0 Å². The Morgan fingerprint density at radius 2 is 1.68 bits per heavy atom. The standard InChI is InChI=1S/C13H20NO4P/c1-14-9-12(15)17-19(18-13(16)10-14)8-7-11-5-3-2-4-6-11/h7-8,11H,2-6,9-10H2,1H3/b8-7+. The first-order valence-electron chi connectivity index (χ1n) is 6.71. The molecule has 0 amide bonds. The lowest BCUT2D eigenvalue weighted by molar-refractivity contribution is -0.142. The summed E-state index contributed by atoms with van der Waals surface area (Å²) in [5, 5.41) is 0. The monoisotopic (exact) mass is 285 g/mol. The highest BCUT2D eigenvalue weighted by Crippen LogP contribution is 2.42. The number of likely N-dealkylation sites (N-methyl/N-ethyl adjacent to an activating group) is 1. The fourth-order valence-corrected chi connectivity index (χ4v) is 3.41. The SMILES string of the molecule is CN1CC(=O)OP(/C=C/C2CCCCC2)OC(=O)C1. The van der Waals surface area contributed by atoms with Crippen LogP contribution in [-0.4, -0.2) is 37.0 Å². The summed E-state index contributed by atoms with van der Waals surface area (Å²) in [5.74, 6) is 1.62. The van der Waals surface area contributed by atoms with Crippen LogP contribution in [0, 0.1) is 5.92 Å². The van der Waals surface area contributed by atoms with Crippen LogP contribution in [0.15, 0.2) is 11.9 Å². The molecular formula is C13H20NO4P. The summed E-state index contributed by atoms with van der Waals surface area (Å²) in [6.45, 7) is 0.260. The second-order valence-electron chi connectivity index (χ2n) is 5.12. The number of carbonyl (C=O) groups excluding carboxylic acids is 2. The van der Waals surface area contributed by atoms with Gasteiger partial charge < -0.3 is 9.05 Å². The number of nitrogens with zero attached hydrogens (tertiary/aromatic N) is 1. The van der Waals surface area contributed by atoms with Crippen LogP contribution in [0.4, 0.5) is 0 Å². The van der Waals surface area contributed by atoms with Crippen LogP contribution in [0.1, 0.15) is 32.1 Å². The average Bonchev–Trinajstić information content (AvgIpc) is 2.35. The van der Waals surface area contributed by atoms with Gasteiger partial charge in [0.05, 0.1) is 13.1 Å². The van der Waals surface area contributed by atoms with Crippen LogP contribution in [0.5, 0.6) is 0 Å². The molecule has 0 atom stereocenters. The number of carbonyl (C=O) groups is 2. The Bertz CT molecular complexity index is 346. The summed E-state index contributed by atoms with van der Waals surface area (Å²) in [4.78, 5) is 24.7. The third-order valence-electron chi connectivity index (χ3n) is 3.31. The summed E-state index contributed by atoms with van der Waals surface area (Å²) in [6, 6.07) is 0. The van der Waals surface area contributed by atoms with Gasteiger partial charge in [-0.1, -0.05) is 25.3 Å². The van der Waals surface area contributed by atoms with E-state index >= 15 is 0 Å². The van der Waals surface area contributed by atoms with Gasteiger partial charge in [-0.15, -0.1) is 0 Å². The zero-order valence-corrected chi connectivity index (χ0v) is 12.1. The van der Waals surface area contributed by atoms with Crippen LogP contribution in [0.3, 0.4) is 0 Å². The molecule has 6 heteroatoms. The predicted octanol–water partition coefficient (Wildman–Crippen LogP) is 2.42. The highest BCUT2D eigenvalue weighted by Gasteiger charge is 2.24. The van der Waals surface area contributed by atoms with E-state index in [0.29, 0.717) is 5.92 Å². The molecule has 1 heterocycles. The topological polar surface area (TPSA) is 55.8 Å². The van der Waals surface area contributed by atoms with Crippen molar-refractivity contribution in [1.29, 1.82) is 0 Å². The molecule has 5 nitrogen and oxygen atoms in total. The van der Waals surface area contributed by atoms with Crippen molar-refractivity contribution in [1.82, 2.24) is 4.90 Å². The van der Waals surface area contributed by atoms with Gasteiger partial charge in [0.25, 0.3) is 0 Å². The van der Waals surface area contributed by atoms with Crippen molar-refractivity contribution in [3.63, 3.8) is 0 Å². The van der Waals surface area contributed by atoms with E-state index in [1.54, 1.807) is 17.8 Å². The predicted molar refractivity (Wildman–Crippen MR) is 72.3 cm³/mol. The molecular weight excluding hydrogens is 265 g/mol. The minimum atomic E-state index is -1.54. The molecule has 0 N–H and O–H groups in total. The van der Waals surface area contributed by atoms with Gasteiger partial charge in [0.2, 0.25) is 0 Å². The van der Waals surface area contributed by atoms with E-state index < -0.39 is 8.38 Å². The highest BCUT2D eigenvalue weighted by atomic mass is 31.2. The molecule has 106 valence electrons. The van der Waals surface area contributed by atoms with Crippen molar-refractivity contribution in [2.24, 2.45) is 5.92 Å². The average molecular weight is 285 g/mol. The lowest BCUT2D eigenvalue weighted by atomic mass is 9.90. The number of rotatable bonds is 2. The van der Waals surface area contributed by atoms with Crippen LogP contribution in [0.25, 0.3) is 0 Å². The van der Waals surface area contributed by atoms with E-state index in [1.807, 2.05) is 0 Å². The lowest BCUT2D eigenvalue weighted by Crippen LogP contribution is -2.34. The quantitative estimate of drug-likeness (QED) is 0.729. The van der Waals surface area contributed by atoms with Gasteiger partial charge >= 0.3 is 20.3 Å². The molecule has 0 unspecified atom stereocenters. The van der Waals surface area contributed by atoms with Gasteiger partial charge in [0.15, 0.2) is 0 Å². The summed E-state index contributed by atoms with van der Waals surface area (Å²) in [7, 11) is 0.144. The molecule has 2 fully saturated rings. The zero-order valence-electron chi connectivity index (χ0n) is 11.2. The molecule has 0 aromatic heterocycles. The summed E-state index contributed by atoms with van der Waals surface area (Å²) >= 11 is 0. The second-order valence-corrected chi connectivity index (χ2v) is 6.36. The Morgan fingerprint density at radius 3 is 2.26 bits per heavy atom. The van der Waals surface area contributed by atoms with Gasteiger partial charge in [-0.05, 0) is 25.8 Å². The molecule has 1 saturated heterocycles. The summed E-state index contributed by atoms with van der Waals surface area (Å²) in [6.07, 6.45) is 8.19. The smallest absolute Gasteiger partial charge is 0.325 e. The van der Waals surface area contributed by atoms with E-state index in [0.717, 1.165) is 0 Å². The lowest BCUT2D eigenvalue weighted by Gasteiger charge is -2.22. The number of hydrogen-bond acceptors (Lipinski definition) is 5. The van der Waals surface area contributed by atoms with Crippen molar-refractivity contribution < 1.29 is 18.6 Å². The largest absolute Gasteiger partial charge is 0.402 e. The minimum absolute atomic E-state index is 0.130. The van der Waals surface area contributed by atoms with Crippen LogP contribution >= 0.6 is 8.38 Å². The molecule has 0 bridgehead atoms. The first-order valence-corrected chi connectivity index (χ1v) is 7.96. The Hall–Kier alpha value is -0.930. The molecule has 1 saturated carbocycles. The van der Waals surface area contributed by atoms with Crippen LogP contribution in [0.2, 0.25) is 0 Å². The fourth-order valence-electron chi connectivity index (χ4n) is 2.35. The summed E-state index contributed by atoms with van der Waals surface area (Å²) < 4.78 is 10.4. The first-order chi connectivity index (χ1) is 9.13. The summed E-state index contributed by atoms with van der Waals surface area (Å²) in [5.41, 5.74) is 0. The third kappa shape index (κ3) is 4.92. The number of allylic oxidation sites excluding steroid dienone is 1. The minimum Gasteiger partial charge on any atom is -0.402 e. The Balaban J connectivity index is 1.91. The molecule has 0 aromatic rings. The first kappa shape index (κ1) is 14.5. The Morgan fingerprint density at radius 1 is 1.11 bits per heavy atom. The Kier molecular flexibility index (Phi) is 5.34. The van der Waals surface area contributed by atoms with Crippen molar-refractivity contribution in [3.05, 3.63) is 11.9 Å². The van der Waals surface area contributed by atoms with E-state index in [9.17, 15) is 9.59 Å². The van der Waals surface area contributed by atoms with Crippen molar-refractivity contribution in [3.8, 4) is 0 Å². The second kappa shape index (κ2) is 7.01. The molecule has 1 aliphatic carbocycles. The van der Waals surface area contributed by atoms with E-state index in [4.69, 9.17) is 9.05 Å². The molecule has 19 heavy (non-hydrogen) atoms. The van der Waals surface area contributed by atoms with Crippen molar-refractivity contribution >= 4 is 20.3 Å². The molecule has 0 radical (unpaired) electrons. The highest BCUT2D eigenvalue weighted by molar-refractivity contribution is 7.51. The maximum Gasteiger partial charge on any atom is 0.325 e. The number of hydrogen-bond donors (Lipinski definition) is 0. The van der Waals surface area contributed by atoms with E-state index in [1.165, 1.54) is 32.1 Å². The Labute approximate surface area is 114 Å². The van der Waals surface area contributed by atoms with Gasteiger partial charge in [0, 0.05) is 5.82 Å². The van der Waals surface area contributed by atoms with Gasteiger partial charge in [-0.25, -0.2) is 0 Å². The van der Waals surface area contributed by atoms with Gasteiger partial charge in [-0.3, -0.25) is 14.5 Å². The van der Waals surface area contributed by atoms with E-state index in [2.05, 4.69) is 6.08 Å². The third-order valence-corrected chi connectivity index (χ3v) is 4.49. The zero-order chi connectivity index (χ0) is 13.7. The van der Waals surface area contributed by atoms with Crippen molar-refractivity contribution in [2.75, 3.05) is 20.1 Å². The fraction of sp³-hybridized carbons (Fsp3) is 0.692. The maximum atomic E-state index is 11.5. The maximum absolute atomic E-state index is 11.5.